The SMILES string of the molecule is CC(C)(C)OC(=O)C1CCCn2c1nc(-c1ccc(C(=O)O)cc1)c2CN. The van der Waals surface area contributed by atoms with Crippen LogP contribution in [0.5, 0.6) is 0 Å². The van der Waals surface area contributed by atoms with E-state index in [1.165, 1.54) is 0 Å². The third-order valence-corrected chi connectivity index (χ3v) is 4.58. The van der Waals surface area contributed by atoms with Gasteiger partial charge in [-0.15, -0.1) is 0 Å². The van der Waals surface area contributed by atoms with Crippen LogP contribution in [-0.4, -0.2) is 32.2 Å². The van der Waals surface area contributed by atoms with Crippen molar-refractivity contribution in [2.24, 2.45) is 5.73 Å². The number of nitrogens with zero attached hydrogens (tertiary/aromatic N) is 2. The van der Waals surface area contributed by atoms with Crippen LogP contribution in [0.3, 0.4) is 0 Å². The summed E-state index contributed by atoms with van der Waals surface area (Å²) < 4.78 is 7.59. The normalized spacial score (nSPS) is 16.7. The first-order valence-corrected chi connectivity index (χ1v) is 9.07. The van der Waals surface area contributed by atoms with Gasteiger partial charge in [-0.25, -0.2) is 9.78 Å². The number of carboxylic acids is 1. The van der Waals surface area contributed by atoms with Crippen molar-refractivity contribution in [2.45, 2.75) is 58.2 Å². The lowest BCUT2D eigenvalue weighted by Crippen LogP contribution is -2.31. The van der Waals surface area contributed by atoms with Crippen LogP contribution in [0.2, 0.25) is 0 Å². The van der Waals surface area contributed by atoms with Gasteiger partial charge in [-0.3, -0.25) is 4.79 Å². The van der Waals surface area contributed by atoms with Crippen LogP contribution in [0.25, 0.3) is 11.3 Å². The predicted octanol–water partition coefficient (Wildman–Crippen LogP) is 2.93. The van der Waals surface area contributed by atoms with Gasteiger partial charge in [0.15, 0.2) is 0 Å². The van der Waals surface area contributed by atoms with E-state index in [0.717, 1.165) is 24.2 Å². The highest BCUT2D eigenvalue weighted by Gasteiger charge is 2.34. The van der Waals surface area contributed by atoms with Gasteiger partial charge in [-0.2, -0.15) is 0 Å². The first-order chi connectivity index (χ1) is 12.7. The molecule has 0 fully saturated rings. The zero-order valence-electron chi connectivity index (χ0n) is 15.9. The van der Waals surface area contributed by atoms with E-state index in [9.17, 15) is 9.59 Å². The molecule has 0 spiro atoms. The molecule has 0 saturated carbocycles. The van der Waals surface area contributed by atoms with Crippen LogP contribution in [-0.2, 0) is 22.6 Å². The molecule has 1 atom stereocenters. The molecule has 144 valence electrons. The second kappa shape index (κ2) is 7.15. The van der Waals surface area contributed by atoms with Crippen LogP contribution >= 0.6 is 0 Å². The summed E-state index contributed by atoms with van der Waals surface area (Å²) in [4.78, 5) is 28.5. The molecule has 0 aliphatic carbocycles. The monoisotopic (exact) mass is 371 g/mol. The summed E-state index contributed by atoms with van der Waals surface area (Å²) in [7, 11) is 0. The van der Waals surface area contributed by atoms with Gasteiger partial charge in [0, 0.05) is 18.7 Å². The van der Waals surface area contributed by atoms with Crippen molar-refractivity contribution in [2.75, 3.05) is 0 Å². The third kappa shape index (κ3) is 3.88. The quantitative estimate of drug-likeness (QED) is 0.800. The number of carbonyl (C=O) groups excluding carboxylic acids is 1. The standard InChI is InChI=1S/C20H25N3O4/c1-20(2,3)27-19(26)14-5-4-10-23-15(11-21)16(22-17(14)23)12-6-8-13(9-7-12)18(24)25/h6-9,14H,4-5,10-11,21H2,1-3H3,(H,24,25). The molecule has 0 radical (unpaired) electrons. The van der Waals surface area contributed by atoms with Gasteiger partial charge in [0.25, 0.3) is 0 Å². The molecule has 0 bridgehead atoms. The molecule has 2 heterocycles. The van der Waals surface area contributed by atoms with E-state index in [1.807, 2.05) is 25.3 Å². The highest BCUT2D eigenvalue weighted by atomic mass is 16.6. The zero-order valence-corrected chi connectivity index (χ0v) is 15.9. The fraction of sp³-hybridized carbons (Fsp3) is 0.450. The van der Waals surface area contributed by atoms with E-state index < -0.39 is 17.5 Å². The number of nitrogens with two attached hydrogens (primary N) is 1. The number of esters is 1. The van der Waals surface area contributed by atoms with Crippen molar-refractivity contribution in [3.63, 3.8) is 0 Å². The highest BCUT2D eigenvalue weighted by Crippen LogP contribution is 2.34. The van der Waals surface area contributed by atoms with E-state index in [4.69, 9.17) is 20.6 Å². The van der Waals surface area contributed by atoms with Gasteiger partial charge in [-0.05, 0) is 45.7 Å². The van der Waals surface area contributed by atoms with Gasteiger partial charge in [-0.1, -0.05) is 12.1 Å². The molecular formula is C20H25N3O4. The lowest BCUT2D eigenvalue weighted by atomic mass is 9.98. The number of hydrogen-bond acceptors (Lipinski definition) is 5. The Morgan fingerprint density at radius 3 is 2.52 bits per heavy atom. The number of imidazole rings is 1. The highest BCUT2D eigenvalue weighted by molar-refractivity contribution is 5.88. The van der Waals surface area contributed by atoms with Crippen molar-refractivity contribution in [3.05, 3.63) is 41.3 Å². The number of ether oxygens (including phenoxy) is 1. The van der Waals surface area contributed by atoms with Crippen LogP contribution in [0.1, 0.15) is 61.4 Å². The predicted molar refractivity (Wildman–Crippen MR) is 100 cm³/mol. The second-order valence-electron chi connectivity index (χ2n) is 7.73. The average Bonchev–Trinajstić information content (AvgIpc) is 2.98. The first-order valence-electron chi connectivity index (χ1n) is 9.07. The number of aromatic nitrogens is 2. The fourth-order valence-electron chi connectivity index (χ4n) is 3.41. The third-order valence-electron chi connectivity index (χ3n) is 4.58. The summed E-state index contributed by atoms with van der Waals surface area (Å²) >= 11 is 0. The zero-order chi connectivity index (χ0) is 19.8. The molecule has 3 N–H and O–H groups in total. The van der Waals surface area contributed by atoms with E-state index in [0.29, 0.717) is 17.9 Å². The largest absolute Gasteiger partial charge is 0.478 e. The molecular weight excluding hydrogens is 346 g/mol. The van der Waals surface area contributed by atoms with Crippen molar-refractivity contribution in [3.8, 4) is 11.3 Å². The molecule has 27 heavy (non-hydrogen) atoms. The average molecular weight is 371 g/mol. The first kappa shape index (κ1) is 19.1. The Bertz CT molecular complexity index is 863. The molecule has 1 aliphatic heterocycles. The minimum atomic E-state index is -0.977. The van der Waals surface area contributed by atoms with Gasteiger partial charge in [0.2, 0.25) is 0 Å². The molecule has 0 amide bonds. The summed E-state index contributed by atoms with van der Waals surface area (Å²) in [5.74, 6) is -0.997. The molecule has 3 rings (SSSR count). The summed E-state index contributed by atoms with van der Waals surface area (Å²) in [6.45, 7) is 6.58. The van der Waals surface area contributed by atoms with Crippen LogP contribution in [0.4, 0.5) is 0 Å². The summed E-state index contributed by atoms with van der Waals surface area (Å²) in [5, 5.41) is 9.08. The van der Waals surface area contributed by atoms with E-state index in [-0.39, 0.29) is 18.1 Å². The van der Waals surface area contributed by atoms with E-state index >= 15 is 0 Å². The molecule has 7 heteroatoms. The fourth-order valence-corrected chi connectivity index (χ4v) is 3.41. The van der Waals surface area contributed by atoms with E-state index in [1.54, 1.807) is 24.3 Å². The maximum absolute atomic E-state index is 12.7. The number of benzene rings is 1. The molecule has 1 aromatic heterocycles. The molecule has 0 saturated heterocycles. The van der Waals surface area contributed by atoms with Gasteiger partial charge in [0.05, 0.1) is 17.0 Å². The Kier molecular flexibility index (Phi) is 5.06. The lowest BCUT2D eigenvalue weighted by molar-refractivity contribution is -0.157. The lowest BCUT2D eigenvalue weighted by Gasteiger charge is -2.27. The van der Waals surface area contributed by atoms with E-state index in [2.05, 4.69) is 0 Å². The smallest absolute Gasteiger partial charge is 0.335 e. The molecule has 2 aromatic rings. The Morgan fingerprint density at radius 2 is 1.96 bits per heavy atom. The number of hydrogen-bond donors (Lipinski definition) is 2. The molecule has 7 nitrogen and oxygen atoms in total. The van der Waals surface area contributed by atoms with Crippen molar-refractivity contribution in [1.29, 1.82) is 0 Å². The number of carboxylic acid groups (broad SMARTS) is 1. The minimum Gasteiger partial charge on any atom is -0.478 e. The van der Waals surface area contributed by atoms with Gasteiger partial charge < -0.3 is 20.1 Å². The van der Waals surface area contributed by atoms with Crippen LogP contribution < -0.4 is 5.73 Å². The Labute approximate surface area is 158 Å². The Morgan fingerprint density at radius 1 is 1.30 bits per heavy atom. The van der Waals surface area contributed by atoms with Crippen LogP contribution in [0, 0.1) is 0 Å². The van der Waals surface area contributed by atoms with Crippen molar-refractivity contribution >= 4 is 11.9 Å². The summed E-state index contributed by atoms with van der Waals surface area (Å²) in [5.41, 5.74) is 7.97. The second-order valence-corrected chi connectivity index (χ2v) is 7.73. The Hall–Kier alpha value is -2.67. The minimum absolute atomic E-state index is 0.212. The summed E-state index contributed by atoms with van der Waals surface area (Å²) in [6, 6.07) is 6.53. The molecule has 1 aliphatic rings. The van der Waals surface area contributed by atoms with Gasteiger partial charge in [0.1, 0.15) is 17.3 Å². The number of carbonyl (C=O) groups is 2. The maximum atomic E-state index is 12.7. The summed E-state index contributed by atoms with van der Waals surface area (Å²) in [6.07, 6.45) is 1.53. The van der Waals surface area contributed by atoms with Gasteiger partial charge >= 0.3 is 11.9 Å². The maximum Gasteiger partial charge on any atom is 0.335 e. The topological polar surface area (TPSA) is 107 Å². The van der Waals surface area contributed by atoms with Crippen molar-refractivity contribution in [1.82, 2.24) is 9.55 Å². The molecule has 1 aromatic carbocycles. The molecule has 1 unspecified atom stereocenters. The van der Waals surface area contributed by atoms with Crippen molar-refractivity contribution < 1.29 is 19.4 Å². The number of aromatic carboxylic acids is 1. The number of fused-ring (bicyclic) bond motifs is 1. The van der Waals surface area contributed by atoms with Crippen LogP contribution in [0.15, 0.2) is 24.3 Å². The number of rotatable bonds is 4. The Balaban J connectivity index is 2.01.